The number of hydrogen-bond donors (Lipinski definition) is 1. The van der Waals surface area contributed by atoms with Gasteiger partial charge in [0.05, 0.1) is 5.69 Å². The monoisotopic (exact) mass is 353 g/mol. The van der Waals surface area contributed by atoms with Gasteiger partial charge in [-0.15, -0.1) is 0 Å². The summed E-state index contributed by atoms with van der Waals surface area (Å²) in [6.45, 7) is 0.961. The molecule has 2 N–H and O–H groups in total. The van der Waals surface area contributed by atoms with E-state index in [1.807, 2.05) is 0 Å². The second-order valence-corrected chi connectivity index (χ2v) is 8.10. The van der Waals surface area contributed by atoms with Gasteiger partial charge in [-0.05, 0) is 71.9 Å². The first-order valence-electron chi connectivity index (χ1n) is 10.1. The standard InChI is InChI=1S/C24H23N3/c25-24(27-14-18-7-1-4-15-6-3-9-21(27)23(15)18)26-20-13-12-17-11-10-16-5-2-8-19(20)22(16)17/h2-3,5-6,8-9,12-13,18H,1,4,7,10-11,14H2,(H2,25,26). The van der Waals surface area contributed by atoms with Crippen molar-refractivity contribution in [3.8, 4) is 0 Å². The Balaban J connectivity index is 1.46. The minimum absolute atomic E-state index is 0.603. The lowest BCUT2D eigenvalue weighted by Gasteiger charge is -2.19. The molecule has 134 valence electrons. The Morgan fingerprint density at radius 2 is 1.74 bits per heavy atom. The number of nitrogens with zero attached hydrogens (tertiary/aromatic N) is 2. The van der Waals surface area contributed by atoms with Crippen LogP contribution in [0.2, 0.25) is 0 Å². The number of aryl methyl sites for hydroxylation is 3. The van der Waals surface area contributed by atoms with Crippen LogP contribution in [0, 0.1) is 0 Å². The van der Waals surface area contributed by atoms with Gasteiger partial charge in [-0.2, -0.15) is 0 Å². The average molecular weight is 353 g/mol. The molecule has 1 heterocycles. The molecular weight excluding hydrogens is 330 g/mol. The fraction of sp³-hybridized carbons (Fsp3) is 0.292. The first kappa shape index (κ1) is 15.3. The summed E-state index contributed by atoms with van der Waals surface area (Å²) in [5.74, 6) is 1.23. The largest absolute Gasteiger partial charge is 0.369 e. The first-order chi connectivity index (χ1) is 13.3. The molecular formula is C24H23N3. The highest BCUT2D eigenvalue weighted by molar-refractivity contribution is 6.04. The van der Waals surface area contributed by atoms with Crippen LogP contribution >= 0.6 is 0 Å². The highest BCUT2D eigenvalue weighted by atomic mass is 15.3. The third kappa shape index (κ3) is 2.18. The Hall–Kier alpha value is -2.81. The molecule has 3 aliphatic rings. The van der Waals surface area contributed by atoms with Gasteiger partial charge in [0.15, 0.2) is 0 Å². The number of rotatable bonds is 1. The summed E-state index contributed by atoms with van der Waals surface area (Å²) in [4.78, 5) is 7.15. The van der Waals surface area contributed by atoms with E-state index in [1.165, 1.54) is 58.0 Å². The Labute approximate surface area is 159 Å². The van der Waals surface area contributed by atoms with E-state index < -0.39 is 0 Å². The lowest BCUT2D eigenvalue weighted by molar-refractivity contribution is 0.584. The van der Waals surface area contributed by atoms with E-state index in [0.29, 0.717) is 11.9 Å². The van der Waals surface area contributed by atoms with Crippen LogP contribution in [-0.2, 0) is 19.3 Å². The molecule has 0 spiro atoms. The third-order valence-corrected chi connectivity index (χ3v) is 6.64. The zero-order valence-electron chi connectivity index (χ0n) is 15.4. The number of hydrogen-bond acceptors (Lipinski definition) is 1. The van der Waals surface area contributed by atoms with Crippen molar-refractivity contribution in [2.45, 2.75) is 38.0 Å². The van der Waals surface area contributed by atoms with Crippen molar-refractivity contribution in [1.29, 1.82) is 0 Å². The van der Waals surface area contributed by atoms with E-state index in [2.05, 4.69) is 53.4 Å². The van der Waals surface area contributed by atoms with Crippen LogP contribution in [0.25, 0.3) is 10.8 Å². The molecule has 0 radical (unpaired) electrons. The molecule has 3 nitrogen and oxygen atoms in total. The second-order valence-electron chi connectivity index (χ2n) is 8.10. The van der Waals surface area contributed by atoms with Gasteiger partial charge < -0.3 is 10.6 Å². The van der Waals surface area contributed by atoms with Crippen molar-refractivity contribution in [1.82, 2.24) is 0 Å². The SMILES string of the molecule is NC(=Nc1ccc2c3c(cccc13)CC2)N1CC2CCCc3cccc1c32. The molecule has 3 aromatic rings. The lowest BCUT2D eigenvalue weighted by atomic mass is 9.84. The first-order valence-corrected chi connectivity index (χ1v) is 10.1. The highest BCUT2D eigenvalue weighted by Gasteiger charge is 2.34. The molecule has 2 aliphatic carbocycles. The molecule has 0 saturated carbocycles. The van der Waals surface area contributed by atoms with Gasteiger partial charge in [0.1, 0.15) is 0 Å². The molecule has 1 aliphatic heterocycles. The van der Waals surface area contributed by atoms with E-state index in [9.17, 15) is 0 Å². The van der Waals surface area contributed by atoms with E-state index in [4.69, 9.17) is 10.7 Å². The number of guanidine groups is 1. The Bertz CT molecular complexity index is 1100. The van der Waals surface area contributed by atoms with Gasteiger partial charge >= 0.3 is 0 Å². The van der Waals surface area contributed by atoms with Crippen molar-refractivity contribution in [3.05, 3.63) is 70.8 Å². The quantitative estimate of drug-likeness (QED) is 0.503. The van der Waals surface area contributed by atoms with Crippen molar-refractivity contribution < 1.29 is 0 Å². The molecule has 0 saturated heterocycles. The predicted octanol–water partition coefficient (Wildman–Crippen LogP) is 4.82. The molecule has 0 amide bonds. The third-order valence-electron chi connectivity index (χ3n) is 6.64. The maximum Gasteiger partial charge on any atom is 0.201 e. The van der Waals surface area contributed by atoms with Gasteiger partial charge in [-0.1, -0.05) is 36.4 Å². The summed E-state index contributed by atoms with van der Waals surface area (Å²) in [5.41, 5.74) is 14.7. The number of aliphatic imine (C=N–C) groups is 1. The zero-order chi connectivity index (χ0) is 18.0. The predicted molar refractivity (Wildman–Crippen MR) is 112 cm³/mol. The second kappa shape index (κ2) is 5.59. The van der Waals surface area contributed by atoms with Crippen molar-refractivity contribution >= 4 is 28.1 Å². The summed E-state index contributed by atoms with van der Waals surface area (Å²) in [7, 11) is 0. The average Bonchev–Trinajstić information content (AvgIpc) is 3.29. The zero-order valence-corrected chi connectivity index (χ0v) is 15.4. The summed E-state index contributed by atoms with van der Waals surface area (Å²) >= 11 is 0. The topological polar surface area (TPSA) is 41.6 Å². The molecule has 3 heteroatoms. The molecule has 0 fully saturated rings. The van der Waals surface area contributed by atoms with E-state index in [0.717, 1.165) is 25.1 Å². The van der Waals surface area contributed by atoms with Crippen LogP contribution in [0.3, 0.4) is 0 Å². The van der Waals surface area contributed by atoms with E-state index in [-0.39, 0.29) is 0 Å². The van der Waals surface area contributed by atoms with Gasteiger partial charge in [-0.25, -0.2) is 4.99 Å². The van der Waals surface area contributed by atoms with Gasteiger partial charge in [-0.3, -0.25) is 0 Å². The van der Waals surface area contributed by atoms with Crippen LogP contribution in [0.5, 0.6) is 0 Å². The summed E-state index contributed by atoms with van der Waals surface area (Å²) in [5, 5.41) is 2.63. The van der Waals surface area contributed by atoms with Crippen LogP contribution in [-0.4, -0.2) is 12.5 Å². The normalized spacial score (nSPS) is 20.4. The lowest BCUT2D eigenvalue weighted by Crippen LogP contribution is -2.36. The number of benzene rings is 3. The maximum absolute atomic E-state index is 6.57. The van der Waals surface area contributed by atoms with E-state index in [1.54, 1.807) is 0 Å². The molecule has 1 atom stereocenters. The summed E-state index contributed by atoms with van der Waals surface area (Å²) < 4.78 is 0. The highest BCUT2D eigenvalue weighted by Crippen LogP contribution is 2.44. The van der Waals surface area contributed by atoms with Gasteiger partial charge in [0.2, 0.25) is 5.96 Å². The van der Waals surface area contributed by atoms with Crippen molar-refractivity contribution in [2.75, 3.05) is 11.4 Å². The maximum atomic E-state index is 6.57. The molecule has 0 aromatic heterocycles. The van der Waals surface area contributed by atoms with Crippen LogP contribution < -0.4 is 10.6 Å². The molecule has 3 aromatic carbocycles. The number of anilines is 1. The van der Waals surface area contributed by atoms with Crippen LogP contribution in [0.4, 0.5) is 11.4 Å². The molecule has 6 rings (SSSR count). The molecule has 1 unspecified atom stereocenters. The van der Waals surface area contributed by atoms with Crippen LogP contribution in [0.15, 0.2) is 53.5 Å². The summed E-state index contributed by atoms with van der Waals surface area (Å²) in [6, 6.07) is 17.6. The smallest absolute Gasteiger partial charge is 0.201 e. The fourth-order valence-electron chi connectivity index (χ4n) is 5.44. The minimum Gasteiger partial charge on any atom is -0.369 e. The molecule has 27 heavy (non-hydrogen) atoms. The van der Waals surface area contributed by atoms with Gasteiger partial charge in [0.25, 0.3) is 0 Å². The Morgan fingerprint density at radius 1 is 0.926 bits per heavy atom. The molecule has 0 bridgehead atoms. The van der Waals surface area contributed by atoms with Crippen LogP contribution in [0.1, 0.15) is 41.0 Å². The Kier molecular flexibility index (Phi) is 3.16. The van der Waals surface area contributed by atoms with Crippen molar-refractivity contribution in [2.24, 2.45) is 10.7 Å². The van der Waals surface area contributed by atoms with Gasteiger partial charge in [0, 0.05) is 23.5 Å². The fourth-order valence-corrected chi connectivity index (χ4v) is 5.44. The van der Waals surface area contributed by atoms with Crippen molar-refractivity contribution in [3.63, 3.8) is 0 Å². The minimum atomic E-state index is 0.603. The summed E-state index contributed by atoms with van der Waals surface area (Å²) in [6.07, 6.45) is 6.01. The Morgan fingerprint density at radius 3 is 2.67 bits per heavy atom. The number of nitrogens with two attached hydrogens (primary N) is 1. The van der Waals surface area contributed by atoms with E-state index >= 15 is 0 Å².